The number of aliphatic hydroxyl groups is 2. The molecule has 0 amide bonds. The number of aliphatic hydroxyl groups excluding tert-OH is 2. The van der Waals surface area contributed by atoms with Crippen molar-refractivity contribution in [3.05, 3.63) is 29.6 Å². The van der Waals surface area contributed by atoms with E-state index in [1.807, 2.05) is 4.90 Å². The summed E-state index contributed by atoms with van der Waals surface area (Å²) in [5, 5.41) is 19.0. The molecule has 1 aliphatic heterocycles. The Labute approximate surface area is 94.1 Å². The summed E-state index contributed by atoms with van der Waals surface area (Å²) >= 11 is 0. The van der Waals surface area contributed by atoms with E-state index in [1.54, 1.807) is 19.1 Å². The van der Waals surface area contributed by atoms with Gasteiger partial charge in [-0.2, -0.15) is 0 Å². The van der Waals surface area contributed by atoms with Crippen LogP contribution >= 0.6 is 0 Å². The molecule has 2 rings (SSSR count). The molecule has 1 aromatic carbocycles. The standard InChI is InChI=1S/C12H16FNO2/c1-8(15)12-10(13)3-2-4-11(12)14-6-5-9(16)7-14/h2-4,8-9,15-16H,5-7H2,1H3/t8-,9?/m0/s1. The van der Waals surface area contributed by atoms with E-state index >= 15 is 0 Å². The lowest BCUT2D eigenvalue weighted by atomic mass is 10.1. The van der Waals surface area contributed by atoms with Gasteiger partial charge in [0.2, 0.25) is 0 Å². The second kappa shape index (κ2) is 4.39. The van der Waals surface area contributed by atoms with Crippen LogP contribution in [0.15, 0.2) is 18.2 Å². The van der Waals surface area contributed by atoms with Crippen LogP contribution in [-0.4, -0.2) is 29.4 Å². The van der Waals surface area contributed by atoms with E-state index in [9.17, 15) is 14.6 Å². The van der Waals surface area contributed by atoms with Gasteiger partial charge in [-0.1, -0.05) is 6.07 Å². The first-order valence-electron chi connectivity index (χ1n) is 5.49. The molecule has 1 unspecified atom stereocenters. The van der Waals surface area contributed by atoms with Crippen LogP contribution in [0.4, 0.5) is 10.1 Å². The molecule has 1 saturated heterocycles. The first kappa shape index (κ1) is 11.4. The molecular weight excluding hydrogens is 209 g/mol. The smallest absolute Gasteiger partial charge is 0.131 e. The van der Waals surface area contributed by atoms with Crippen LogP contribution in [0.5, 0.6) is 0 Å². The molecular formula is C12H16FNO2. The van der Waals surface area contributed by atoms with E-state index in [4.69, 9.17) is 0 Å². The third kappa shape index (κ3) is 2.03. The number of rotatable bonds is 2. The van der Waals surface area contributed by atoms with Crippen molar-refractivity contribution < 1.29 is 14.6 Å². The zero-order chi connectivity index (χ0) is 11.7. The molecule has 1 heterocycles. The summed E-state index contributed by atoms with van der Waals surface area (Å²) in [4.78, 5) is 1.91. The maximum absolute atomic E-state index is 13.6. The fourth-order valence-electron chi connectivity index (χ4n) is 2.18. The first-order chi connectivity index (χ1) is 7.59. The highest BCUT2D eigenvalue weighted by Crippen LogP contribution is 2.31. The highest BCUT2D eigenvalue weighted by atomic mass is 19.1. The predicted octanol–water partition coefficient (Wildman–Crippen LogP) is 1.45. The van der Waals surface area contributed by atoms with Gasteiger partial charge in [0.15, 0.2) is 0 Å². The lowest BCUT2D eigenvalue weighted by Crippen LogP contribution is -2.23. The van der Waals surface area contributed by atoms with E-state index in [-0.39, 0.29) is 6.10 Å². The summed E-state index contributed by atoms with van der Waals surface area (Å²) in [7, 11) is 0. The molecule has 0 aliphatic carbocycles. The van der Waals surface area contributed by atoms with Crippen LogP contribution in [0, 0.1) is 5.82 Å². The molecule has 1 fully saturated rings. The zero-order valence-corrected chi connectivity index (χ0v) is 9.23. The molecule has 1 aliphatic rings. The zero-order valence-electron chi connectivity index (χ0n) is 9.23. The van der Waals surface area contributed by atoms with E-state index in [0.717, 1.165) is 0 Å². The van der Waals surface area contributed by atoms with Gasteiger partial charge in [-0.15, -0.1) is 0 Å². The topological polar surface area (TPSA) is 43.7 Å². The van der Waals surface area contributed by atoms with Gasteiger partial charge in [0.05, 0.1) is 12.2 Å². The first-order valence-corrected chi connectivity index (χ1v) is 5.49. The maximum Gasteiger partial charge on any atom is 0.131 e. The Morgan fingerprint density at radius 3 is 2.81 bits per heavy atom. The minimum absolute atomic E-state index is 0.316. The molecule has 2 atom stereocenters. The van der Waals surface area contributed by atoms with Gasteiger partial charge in [0, 0.05) is 24.3 Å². The number of hydrogen-bond donors (Lipinski definition) is 2. The van der Waals surface area contributed by atoms with Crippen LogP contribution in [0.3, 0.4) is 0 Å². The lowest BCUT2D eigenvalue weighted by Gasteiger charge is -2.23. The Kier molecular flexibility index (Phi) is 3.12. The van der Waals surface area contributed by atoms with Crippen molar-refractivity contribution in [3.8, 4) is 0 Å². The Morgan fingerprint density at radius 2 is 2.25 bits per heavy atom. The van der Waals surface area contributed by atoms with E-state index in [0.29, 0.717) is 30.8 Å². The van der Waals surface area contributed by atoms with Crippen molar-refractivity contribution in [2.24, 2.45) is 0 Å². The van der Waals surface area contributed by atoms with Gasteiger partial charge in [-0.05, 0) is 25.5 Å². The van der Waals surface area contributed by atoms with Crippen LogP contribution in [0.1, 0.15) is 25.0 Å². The van der Waals surface area contributed by atoms with Crippen molar-refractivity contribution >= 4 is 5.69 Å². The third-order valence-corrected chi connectivity index (χ3v) is 2.95. The van der Waals surface area contributed by atoms with Crippen LogP contribution in [-0.2, 0) is 0 Å². The molecule has 3 nitrogen and oxygen atoms in total. The molecule has 0 aromatic heterocycles. The highest BCUT2D eigenvalue weighted by Gasteiger charge is 2.24. The molecule has 16 heavy (non-hydrogen) atoms. The van der Waals surface area contributed by atoms with Crippen LogP contribution in [0.2, 0.25) is 0 Å². The average Bonchev–Trinajstić information content (AvgIpc) is 2.63. The minimum atomic E-state index is -0.839. The van der Waals surface area contributed by atoms with Gasteiger partial charge < -0.3 is 15.1 Å². The normalized spacial score (nSPS) is 22.5. The largest absolute Gasteiger partial charge is 0.391 e. The summed E-state index contributed by atoms with van der Waals surface area (Å²) in [6, 6.07) is 4.75. The predicted molar refractivity (Wildman–Crippen MR) is 59.9 cm³/mol. The van der Waals surface area contributed by atoms with Crippen molar-refractivity contribution in [2.45, 2.75) is 25.6 Å². The minimum Gasteiger partial charge on any atom is -0.391 e. The van der Waals surface area contributed by atoms with Crippen LogP contribution in [0.25, 0.3) is 0 Å². The monoisotopic (exact) mass is 225 g/mol. The highest BCUT2D eigenvalue weighted by molar-refractivity contribution is 5.56. The quantitative estimate of drug-likeness (QED) is 0.800. The summed E-state index contributed by atoms with van der Waals surface area (Å²) in [6.45, 7) is 2.75. The second-order valence-corrected chi connectivity index (χ2v) is 4.24. The van der Waals surface area contributed by atoms with Crippen molar-refractivity contribution in [3.63, 3.8) is 0 Å². The van der Waals surface area contributed by atoms with Crippen LogP contribution < -0.4 is 4.90 Å². The number of nitrogens with zero attached hydrogens (tertiary/aromatic N) is 1. The van der Waals surface area contributed by atoms with E-state index in [2.05, 4.69) is 0 Å². The number of halogens is 1. The summed E-state index contributed by atoms with van der Waals surface area (Å²) in [6.07, 6.45) is -0.505. The van der Waals surface area contributed by atoms with Gasteiger partial charge in [-0.25, -0.2) is 4.39 Å². The Bertz CT molecular complexity index is 381. The van der Waals surface area contributed by atoms with Gasteiger partial charge in [0.1, 0.15) is 5.82 Å². The van der Waals surface area contributed by atoms with Crippen molar-refractivity contribution in [1.82, 2.24) is 0 Å². The third-order valence-electron chi connectivity index (χ3n) is 2.95. The second-order valence-electron chi connectivity index (χ2n) is 4.24. The van der Waals surface area contributed by atoms with Gasteiger partial charge in [-0.3, -0.25) is 0 Å². The Hall–Kier alpha value is -1.13. The molecule has 88 valence electrons. The van der Waals surface area contributed by atoms with Gasteiger partial charge in [0.25, 0.3) is 0 Å². The number of benzene rings is 1. The molecule has 0 saturated carbocycles. The molecule has 0 spiro atoms. The van der Waals surface area contributed by atoms with Crippen molar-refractivity contribution in [2.75, 3.05) is 18.0 Å². The summed E-state index contributed by atoms with van der Waals surface area (Å²) in [5.41, 5.74) is 1.00. The number of hydrogen-bond acceptors (Lipinski definition) is 3. The maximum atomic E-state index is 13.6. The van der Waals surface area contributed by atoms with E-state index in [1.165, 1.54) is 6.07 Å². The van der Waals surface area contributed by atoms with Gasteiger partial charge >= 0.3 is 0 Å². The summed E-state index contributed by atoms with van der Waals surface area (Å²) < 4.78 is 13.6. The Morgan fingerprint density at radius 1 is 1.50 bits per heavy atom. The molecule has 4 heteroatoms. The fourth-order valence-corrected chi connectivity index (χ4v) is 2.18. The summed E-state index contributed by atoms with van der Waals surface area (Å²) in [5.74, 6) is -0.395. The molecule has 0 bridgehead atoms. The SMILES string of the molecule is C[C@H](O)c1c(F)cccc1N1CCC(O)C1. The lowest BCUT2D eigenvalue weighted by molar-refractivity contribution is 0.193. The van der Waals surface area contributed by atoms with Crippen molar-refractivity contribution in [1.29, 1.82) is 0 Å². The fraction of sp³-hybridized carbons (Fsp3) is 0.500. The Balaban J connectivity index is 2.36. The molecule has 1 aromatic rings. The molecule has 0 radical (unpaired) electrons. The number of anilines is 1. The van der Waals surface area contributed by atoms with E-state index < -0.39 is 11.9 Å². The average molecular weight is 225 g/mol. The molecule has 2 N–H and O–H groups in total. The number of β-amino-alcohol motifs (C(OH)–C–C–N with tert-alkyl or cyclic N) is 1.